The summed E-state index contributed by atoms with van der Waals surface area (Å²) in [6.45, 7) is 7.26. The number of aliphatic hydroxyl groups is 1. The minimum atomic E-state index is -0.0766. The maximum atomic E-state index is 12.0. The molecule has 4 fully saturated rings. The summed E-state index contributed by atoms with van der Waals surface area (Å²) < 4.78 is 0. The zero-order valence-electron chi connectivity index (χ0n) is 14.5. The maximum Gasteiger partial charge on any atom is 0.133 e. The molecule has 1 N–H and O–H groups in total. The first-order valence-electron chi connectivity index (χ1n) is 9.56. The van der Waals surface area contributed by atoms with Crippen LogP contribution in [0.5, 0.6) is 0 Å². The number of carbonyl (C=O) groups excluding carboxylic acids is 1. The maximum absolute atomic E-state index is 12.0. The van der Waals surface area contributed by atoms with Gasteiger partial charge in [-0.05, 0) is 78.9 Å². The molecular weight excluding hydrogens is 272 g/mol. The van der Waals surface area contributed by atoms with E-state index < -0.39 is 0 Å². The van der Waals surface area contributed by atoms with Crippen LogP contribution in [-0.4, -0.2) is 17.0 Å². The highest BCUT2D eigenvalue weighted by atomic mass is 16.3. The molecule has 0 aromatic heterocycles. The molecule has 0 unspecified atom stereocenters. The number of hydrogen-bond acceptors (Lipinski definition) is 2. The second kappa shape index (κ2) is 4.82. The van der Waals surface area contributed by atoms with Gasteiger partial charge < -0.3 is 5.11 Å². The lowest BCUT2D eigenvalue weighted by atomic mass is 9.43. The molecule has 0 aromatic rings. The second-order valence-electron chi connectivity index (χ2n) is 9.58. The zero-order chi connectivity index (χ0) is 15.7. The number of rotatable bonds is 0. The van der Waals surface area contributed by atoms with E-state index in [1.54, 1.807) is 0 Å². The van der Waals surface area contributed by atoms with E-state index in [4.69, 9.17) is 0 Å². The Morgan fingerprint density at radius 3 is 2.50 bits per heavy atom. The minimum absolute atomic E-state index is 0.0766. The van der Waals surface area contributed by atoms with Gasteiger partial charge in [-0.2, -0.15) is 0 Å². The SMILES string of the molecule is C[C@H]1C[C@@H]2[C@H](CC[C@]3(C)[C@@H](O)CC[C@@H]23)[C@@]2(C)CCC(=O)C[C@H]12. The van der Waals surface area contributed by atoms with Crippen LogP contribution in [0.15, 0.2) is 0 Å². The van der Waals surface area contributed by atoms with Gasteiger partial charge in [-0.15, -0.1) is 0 Å². The number of ketones is 1. The van der Waals surface area contributed by atoms with Crippen LogP contribution < -0.4 is 0 Å². The summed E-state index contributed by atoms with van der Waals surface area (Å²) in [7, 11) is 0. The van der Waals surface area contributed by atoms with E-state index in [-0.39, 0.29) is 11.5 Å². The molecule has 22 heavy (non-hydrogen) atoms. The number of Topliss-reactive ketones (excluding diaryl/α,β-unsaturated/α-hetero) is 1. The van der Waals surface area contributed by atoms with Crippen LogP contribution in [-0.2, 0) is 4.79 Å². The molecule has 0 bridgehead atoms. The van der Waals surface area contributed by atoms with Gasteiger partial charge in [0.15, 0.2) is 0 Å². The van der Waals surface area contributed by atoms with Crippen LogP contribution in [0, 0.1) is 40.4 Å². The average Bonchev–Trinajstić information content (AvgIpc) is 2.77. The van der Waals surface area contributed by atoms with Gasteiger partial charge in [0.05, 0.1) is 6.10 Å². The summed E-state index contributed by atoms with van der Waals surface area (Å²) in [5, 5.41) is 10.5. The third kappa shape index (κ3) is 1.85. The van der Waals surface area contributed by atoms with Crippen LogP contribution in [0.2, 0.25) is 0 Å². The van der Waals surface area contributed by atoms with E-state index >= 15 is 0 Å². The molecule has 0 saturated heterocycles. The van der Waals surface area contributed by atoms with E-state index in [2.05, 4.69) is 20.8 Å². The van der Waals surface area contributed by atoms with Crippen LogP contribution in [0.3, 0.4) is 0 Å². The van der Waals surface area contributed by atoms with Gasteiger partial charge in [0.25, 0.3) is 0 Å². The first kappa shape index (κ1) is 15.2. The molecule has 124 valence electrons. The predicted octanol–water partition coefficient (Wildman–Crippen LogP) is 4.21. The molecule has 4 aliphatic rings. The van der Waals surface area contributed by atoms with Crippen LogP contribution >= 0.6 is 0 Å². The summed E-state index contributed by atoms with van der Waals surface area (Å²) in [5.41, 5.74) is 0.555. The van der Waals surface area contributed by atoms with E-state index in [1.807, 2.05) is 0 Å². The molecule has 2 heteroatoms. The Hall–Kier alpha value is -0.370. The normalized spacial score (nSPS) is 57.9. The first-order valence-corrected chi connectivity index (χ1v) is 9.56. The Morgan fingerprint density at radius 1 is 1.00 bits per heavy atom. The predicted molar refractivity (Wildman–Crippen MR) is 87.3 cm³/mol. The quantitative estimate of drug-likeness (QED) is 0.728. The van der Waals surface area contributed by atoms with Gasteiger partial charge in [-0.3, -0.25) is 4.79 Å². The third-order valence-electron chi connectivity index (χ3n) is 8.80. The molecule has 0 amide bonds. The van der Waals surface area contributed by atoms with Crippen LogP contribution in [0.25, 0.3) is 0 Å². The fourth-order valence-corrected chi connectivity index (χ4v) is 7.49. The highest BCUT2D eigenvalue weighted by Crippen LogP contribution is 2.66. The summed E-state index contributed by atoms with van der Waals surface area (Å²) >= 11 is 0. The second-order valence-corrected chi connectivity index (χ2v) is 9.58. The van der Waals surface area contributed by atoms with E-state index in [9.17, 15) is 9.90 Å². The van der Waals surface area contributed by atoms with Crippen molar-refractivity contribution >= 4 is 5.78 Å². The lowest BCUT2D eigenvalue weighted by Crippen LogP contribution is -2.56. The monoisotopic (exact) mass is 304 g/mol. The third-order valence-corrected chi connectivity index (χ3v) is 8.80. The summed E-state index contributed by atoms with van der Waals surface area (Å²) in [4.78, 5) is 12.0. The van der Waals surface area contributed by atoms with Crippen molar-refractivity contribution in [2.24, 2.45) is 40.4 Å². The summed E-state index contributed by atoms with van der Waals surface area (Å²) in [5.74, 6) is 4.11. The molecule has 4 rings (SSSR count). The Balaban J connectivity index is 1.68. The molecule has 4 aliphatic carbocycles. The van der Waals surface area contributed by atoms with Crippen molar-refractivity contribution in [2.75, 3.05) is 0 Å². The molecule has 0 spiro atoms. The Bertz CT molecular complexity index is 486. The van der Waals surface area contributed by atoms with Crippen molar-refractivity contribution in [3.05, 3.63) is 0 Å². The highest BCUT2D eigenvalue weighted by molar-refractivity contribution is 5.79. The average molecular weight is 304 g/mol. The van der Waals surface area contributed by atoms with Gasteiger partial charge in [0.2, 0.25) is 0 Å². The molecule has 2 nitrogen and oxygen atoms in total. The Kier molecular flexibility index (Phi) is 3.32. The van der Waals surface area contributed by atoms with Crippen molar-refractivity contribution in [3.8, 4) is 0 Å². The lowest BCUT2D eigenvalue weighted by Gasteiger charge is -2.61. The highest BCUT2D eigenvalue weighted by Gasteiger charge is 2.61. The molecule has 0 heterocycles. The first-order chi connectivity index (χ1) is 10.4. The van der Waals surface area contributed by atoms with Crippen molar-refractivity contribution < 1.29 is 9.90 Å². The molecular formula is C20H32O2. The molecule has 0 aliphatic heterocycles. The minimum Gasteiger partial charge on any atom is -0.393 e. The molecule has 8 atom stereocenters. The van der Waals surface area contributed by atoms with Crippen molar-refractivity contribution in [1.82, 2.24) is 0 Å². The summed E-state index contributed by atoms with van der Waals surface area (Å²) in [6, 6.07) is 0. The van der Waals surface area contributed by atoms with E-state index in [0.29, 0.717) is 23.0 Å². The Labute approximate surface area is 135 Å². The Morgan fingerprint density at radius 2 is 1.73 bits per heavy atom. The van der Waals surface area contributed by atoms with Crippen LogP contribution in [0.1, 0.15) is 72.1 Å². The van der Waals surface area contributed by atoms with E-state index in [1.165, 1.54) is 25.7 Å². The topological polar surface area (TPSA) is 37.3 Å². The van der Waals surface area contributed by atoms with Crippen LogP contribution in [0.4, 0.5) is 0 Å². The fraction of sp³-hybridized carbons (Fsp3) is 0.950. The molecule has 4 saturated carbocycles. The number of carbonyl (C=O) groups is 1. The number of aliphatic hydroxyl groups excluding tert-OH is 1. The van der Waals surface area contributed by atoms with E-state index in [0.717, 1.165) is 43.4 Å². The molecule has 0 aromatic carbocycles. The molecule has 0 radical (unpaired) electrons. The fourth-order valence-electron chi connectivity index (χ4n) is 7.49. The lowest BCUT2D eigenvalue weighted by molar-refractivity contribution is -0.152. The van der Waals surface area contributed by atoms with Crippen molar-refractivity contribution in [2.45, 2.75) is 78.2 Å². The number of fused-ring (bicyclic) bond motifs is 5. The standard InChI is InChI=1S/C20H32O2/c1-12-10-14-15-4-5-18(22)20(15,3)9-7-16(14)19(2)8-6-13(21)11-17(12)19/h12,14-18,22H,4-11H2,1-3H3/t12-,14-,15-,16-,17+,18-,19+,20-/m0/s1. The summed E-state index contributed by atoms with van der Waals surface area (Å²) in [6.07, 6.45) is 8.71. The van der Waals surface area contributed by atoms with Gasteiger partial charge in [-0.1, -0.05) is 20.8 Å². The smallest absolute Gasteiger partial charge is 0.133 e. The van der Waals surface area contributed by atoms with Crippen molar-refractivity contribution in [3.63, 3.8) is 0 Å². The largest absolute Gasteiger partial charge is 0.393 e. The van der Waals surface area contributed by atoms with Gasteiger partial charge >= 0.3 is 0 Å². The zero-order valence-corrected chi connectivity index (χ0v) is 14.5. The number of hydrogen-bond donors (Lipinski definition) is 1. The van der Waals surface area contributed by atoms with Gasteiger partial charge in [0.1, 0.15) is 5.78 Å². The van der Waals surface area contributed by atoms with Crippen molar-refractivity contribution in [1.29, 1.82) is 0 Å². The van der Waals surface area contributed by atoms with Gasteiger partial charge in [0, 0.05) is 12.8 Å². The van der Waals surface area contributed by atoms with Gasteiger partial charge in [-0.25, -0.2) is 0 Å².